The summed E-state index contributed by atoms with van der Waals surface area (Å²) < 4.78 is 19.6. The first-order chi connectivity index (χ1) is 14.9. The number of nitrogens with zero attached hydrogens (tertiary/aromatic N) is 2. The summed E-state index contributed by atoms with van der Waals surface area (Å²) in [4.78, 5) is 16.8. The molecule has 1 saturated carbocycles. The third kappa shape index (κ3) is 4.77. The molecule has 2 aromatic carbocycles. The summed E-state index contributed by atoms with van der Waals surface area (Å²) in [6, 6.07) is 12.3. The van der Waals surface area contributed by atoms with Gasteiger partial charge in [0.25, 0.3) is 5.91 Å². The zero-order chi connectivity index (χ0) is 22.4. The standard InChI is InChI=1S/C23H26FN5O2/c1-15-8-9-16(10-19(15)24)23(11-17(12-23)29-22(26-2)28-14-25)13-27-21(30)18-6-4-5-7-20(18)31-3/h4-10,17H,11-13H2,1-3H3,(H,27,30)(H2,26,28,29). The lowest BCUT2D eigenvalue weighted by Crippen LogP contribution is -2.59. The SMILES string of the molecule is CN=C(NC#N)NC1CC(CNC(=O)c2ccccc2OC)(c2ccc(C)c(F)c2)C1. The van der Waals surface area contributed by atoms with Crippen molar-refractivity contribution in [1.82, 2.24) is 16.0 Å². The van der Waals surface area contributed by atoms with Crippen LogP contribution in [0.4, 0.5) is 4.39 Å². The molecule has 3 rings (SSSR count). The molecule has 1 aliphatic rings. The number of carbonyl (C=O) groups excluding carboxylic acids is 1. The Hall–Kier alpha value is -3.60. The quantitative estimate of drug-likeness (QED) is 0.287. The van der Waals surface area contributed by atoms with E-state index >= 15 is 0 Å². The number of aryl methyl sites for hydroxylation is 1. The fraction of sp³-hybridized carbons (Fsp3) is 0.348. The molecule has 0 bridgehead atoms. The number of nitrogens with one attached hydrogen (secondary N) is 3. The highest BCUT2D eigenvalue weighted by Crippen LogP contribution is 2.44. The van der Waals surface area contributed by atoms with E-state index in [2.05, 4.69) is 20.9 Å². The van der Waals surface area contributed by atoms with Crippen LogP contribution in [0.5, 0.6) is 5.75 Å². The van der Waals surface area contributed by atoms with Crippen LogP contribution >= 0.6 is 0 Å². The van der Waals surface area contributed by atoms with Crippen molar-refractivity contribution in [3.8, 4) is 11.9 Å². The molecule has 0 radical (unpaired) electrons. The number of para-hydroxylation sites is 1. The second-order valence-corrected chi connectivity index (χ2v) is 7.69. The number of hydrogen-bond donors (Lipinski definition) is 3. The fourth-order valence-corrected chi connectivity index (χ4v) is 3.97. The second kappa shape index (κ2) is 9.47. The van der Waals surface area contributed by atoms with Gasteiger partial charge in [0.05, 0.1) is 12.7 Å². The van der Waals surface area contributed by atoms with Crippen molar-refractivity contribution in [2.45, 2.75) is 31.2 Å². The Morgan fingerprint density at radius 1 is 1.32 bits per heavy atom. The van der Waals surface area contributed by atoms with Crippen LogP contribution in [0.25, 0.3) is 0 Å². The van der Waals surface area contributed by atoms with Gasteiger partial charge in [0.15, 0.2) is 6.19 Å². The maximum atomic E-state index is 14.3. The summed E-state index contributed by atoms with van der Waals surface area (Å²) in [7, 11) is 3.11. The maximum Gasteiger partial charge on any atom is 0.255 e. The number of benzene rings is 2. The lowest BCUT2D eigenvalue weighted by Gasteiger charge is -2.48. The van der Waals surface area contributed by atoms with Gasteiger partial charge in [-0.15, -0.1) is 0 Å². The molecule has 1 amide bonds. The Morgan fingerprint density at radius 3 is 2.71 bits per heavy atom. The fourth-order valence-electron chi connectivity index (χ4n) is 3.97. The summed E-state index contributed by atoms with van der Waals surface area (Å²) in [5.74, 6) is 0.360. The monoisotopic (exact) mass is 423 g/mol. The molecule has 3 N–H and O–H groups in total. The molecule has 0 spiro atoms. The summed E-state index contributed by atoms with van der Waals surface area (Å²) in [6.45, 7) is 2.06. The van der Waals surface area contributed by atoms with Gasteiger partial charge in [0, 0.05) is 25.0 Å². The molecule has 2 aromatic rings. The molecule has 0 heterocycles. The average Bonchev–Trinajstić information content (AvgIpc) is 2.76. The third-order valence-electron chi connectivity index (χ3n) is 5.74. The van der Waals surface area contributed by atoms with Gasteiger partial charge in [0.1, 0.15) is 11.6 Å². The van der Waals surface area contributed by atoms with E-state index in [1.165, 1.54) is 7.11 Å². The maximum absolute atomic E-state index is 14.3. The highest BCUT2D eigenvalue weighted by molar-refractivity contribution is 5.97. The highest BCUT2D eigenvalue weighted by Gasteiger charge is 2.46. The smallest absolute Gasteiger partial charge is 0.255 e. The van der Waals surface area contributed by atoms with E-state index in [0.717, 1.165) is 5.56 Å². The van der Waals surface area contributed by atoms with Gasteiger partial charge >= 0.3 is 0 Å². The highest BCUT2D eigenvalue weighted by atomic mass is 19.1. The minimum atomic E-state index is -0.435. The van der Waals surface area contributed by atoms with Gasteiger partial charge < -0.3 is 15.4 Å². The van der Waals surface area contributed by atoms with Crippen LogP contribution in [0.15, 0.2) is 47.5 Å². The lowest BCUT2D eigenvalue weighted by atomic mass is 9.61. The second-order valence-electron chi connectivity index (χ2n) is 7.69. The van der Waals surface area contributed by atoms with Crippen molar-refractivity contribution in [2.24, 2.45) is 4.99 Å². The van der Waals surface area contributed by atoms with Crippen LogP contribution < -0.4 is 20.7 Å². The van der Waals surface area contributed by atoms with E-state index in [-0.39, 0.29) is 17.8 Å². The van der Waals surface area contributed by atoms with Crippen molar-refractivity contribution in [3.63, 3.8) is 0 Å². The number of hydrogen-bond acceptors (Lipinski definition) is 4. The van der Waals surface area contributed by atoms with E-state index in [1.807, 2.05) is 12.3 Å². The number of carbonyl (C=O) groups is 1. The Morgan fingerprint density at radius 2 is 2.06 bits per heavy atom. The minimum Gasteiger partial charge on any atom is -0.496 e. The number of aliphatic imine (C=N–C) groups is 1. The first-order valence-electron chi connectivity index (χ1n) is 9.98. The first kappa shape index (κ1) is 22.1. The number of guanidine groups is 1. The van der Waals surface area contributed by atoms with Gasteiger partial charge in [-0.1, -0.05) is 24.3 Å². The molecular formula is C23H26FN5O2. The Bertz CT molecular complexity index is 1020. The summed E-state index contributed by atoms with van der Waals surface area (Å²) in [5.41, 5.74) is 1.42. The van der Waals surface area contributed by atoms with Crippen molar-refractivity contribution < 1.29 is 13.9 Å². The van der Waals surface area contributed by atoms with Gasteiger partial charge in [0.2, 0.25) is 5.96 Å². The molecule has 31 heavy (non-hydrogen) atoms. The van der Waals surface area contributed by atoms with E-state index in [1.54, 1.807) is 50.4 Å². The largest absolute Gasteiger partial charge is 0.496 e. The van der Waals surface area contributed by atoms with Crippen LogP contribution in [-0.2, 0) is 5.41 Å². The normalized spacial score (nSPS) is 20.2. The third-order valence-corrected chi connectivity index (χ3v) is 5.74. The predicted molar refractivity (Wildman–Crippen MR) is 116 cm³/mol. The van der Waals surface area contributed by atoms with Crippen molar-refractivity contribution >= 4 is 11.9 Å². The van der Waals surface area contributed by atoms with Crippen LogP contribution in [0.3, 0.4) is 0 Å². The van der Waals surface area contributed by atoms with Crippen LogP contribution in [-0.4, -0.2) is 38.6 Å². The number of methoxy groups -OCH3 is 1. The van der Waals surface area contributed by atoms with Crippen molar-refractivity contribution in [3.05, 3.63) is 65.0 Å². The topological polar surface area (TPSA) is 98.5 Å². The number of nitriles is 1. The molecule has 162 valence electrons. The van der Waals surface area contributed by atoms with E-state index in [0.29, 0.717) is 42.2 Å². The molecular weight excluding hydrogens is 397 g/mol. The van der Waals surface area contributed by atoms with E-state index in [9.17, 15) is 9.18 Å². The molecule has 0 atom stereocenters. The summed E-state index contributed by atoms with van der Waals surface area (Å²) >= 11 is 0. The van der Waals surface area contributed by atoms with Gasteiger partial charge in [-0.25, -0.2) is 4.39 Å². The summed E-state index contributed by atoms with van der Waals surface area (Å²) in [5, 5.41) is 17.5. The van der Waals surface area contributed by atoms with Gasteiger partial charge in [-0.05, 0) is 49.1 Å². The molecule has 0 aliphatic heterocycles. The van der Waals surface area contributed by atoms with Crippen LogP contribution in [0, 0.1) is 24.2 Å². The Kier molecular flexibility index (Phi) is 6.75. The van der Waals surface area contributed by atoms with Crippen LogP contribution in [0.2, 0.25) is 0 Å². The zero-order valence-corrected chi connectivity index (χ0v) is 17.8. The minimum absolute atomic E-state index is 0.0343. The predicted octanol–water partition coefficient (Wildman–Crippen LogP) is 2.62. The van der Waals surface area contributed by atoms with Crippen LogP contribution in [0.1, 0.15) is 34.3 Å². The number of amides is 1. The Balaban J connectivity index is 1.78. The molecule has 0 aromatic heterocycles. The number of halogens is 1. The lowest BCUT2D eigenvalue weighted by molar-refractivity contribution is 0.0912. The first-order valence-corrected chi connectivity index (χ1v) is 9.98. The average molecular weight is 423 g/mol. The number of rotatable bonds is 6. The molecule has 0 unspecified atom stereocenters. The van der Waals surface area contributed by atoms with E-state index in [4.69, 9.17) is 10.00 Å². The van der Waals surface area contributed by atoms with E-state index < -0.39 is 5.41 Å². The number of ether oxygens (including phenoxy) is 1. The molecule has 8 heteroatoms. The van der Waals surface area contributed by atoms with Gasteiger partial charge in [-0.2, -0.15) is 5.26 Å². The Labute approximate surface area is 181 Å². The molecule has 1 aliphatic carbocycles. The molecule has 0 saturated heterocycles. The zero-order valence-electron chi connectivity index (χ0n) is 17.8. The molecule has 1 fully saturated rings. The van der Waals surface area contributed by atoms with Crippen molar-refractivity contribution in [2.75, 3.05) is 20.7 Å². The van der Waals surface area contributed by atoms with Crippen molar-refractivity contribution in [1.29, 1.82) is 5.26 Å². The molecule has 7 nitrogen and oxygen atoms in total. The summed E-state index contributed by atoms with van der Waals surface area (Å²) in [6.07, 6.45) is 3.14. The van der Waals surface area contributed by atoms with Gasteiger partial charge in [-0.3, -0.25) is 15.1 Å².